The van der Waals surface area contributed by atoms with Crippen LogP contribution in [0.2, 0.25) is 0 Å². The second-order valence-corrected chi connectivity index (χ2v) is 4.89. The standard InChI is InChI=1S/C11H14BrN3O/c1-7-9(12)2-3-10(14-7)15-11(16)4-8-5-13-6-8/h2-3,8,13H,4-6H2,1H3,(H,14,15,16). The molecule has 1 saturated heterocycles. The van der Waals surface area contributed by atoms with Gasteiger partial charge in [0.1, 0.15) is 5.82 Å². The van der Waals surface area contributed by atoms with Crippen molar-refractivity contribution in [3.8, 4) is 0 Å². The lowest BCUT2D eigenvalue weighted by atomic mass is 9.99. The van der Waals surface area contributed by atoms with Gasteiger partial charge in [0.05, 0.1) is 5.69 Å². The molecule has 1 amide bonds. The first kappa shape index (κ1) is 11.5. The molecule has 0 aliphatic carbocycles. The number of rotatable bonds is 3. The van der Waals surface area contributed by atoms with Crippen molar-refractivity contribution in [2.75, 3.05) is 18.4 Å². The van der Waals surface area contributed by atoms with E-state index in [2.05, 4.69) is 31.5 Å². The van der Waals surface area contributed by atoms with Gasteiger partial charge in [-0.2, -0.15) is 0 Å². The minimum absolute atomic E-state index is 0.0423. The number of hydrogen-bond acceptors (Lipinski definition) is 3. The molecule has 2 rings (SSSR count). The van der Waals surface area contributed by atoms with Crippen molar-refractivity contribution in [2.24, 2.45) is 5.92 Å². The minimum atomic E-state index is 0.0423. The Bertz CT molecular complexity index is 404. The summed E-state index contributed by atoms with van der Waals surface area (Å²) in [6.45, 7) is 3.79. The predicted molar refractivity (Wildman–Crippen MR) is 66.3 cm³/mol. The van der Waals surface area contributed by atoms with E-state index in [1.807, 2.05) is 13.0 Å². The molecule has 86 valence electrons. The Labute approximate surface area is 103 Å². The molecule has 1 aliphatic rings. The van der Waals surface area contributed by atoms with E-state index in [1.165, 1.54) is 0 Å². The Balaban J connectivity index is 1.92. The number of pyridine rings is 1. The highest BCUT2D eigenvalue weighted by atomic mass is 79.9. The van der Waals surface area contributed by atoms with Crippen LogP contribution in [0.3, 0.4) is 0 Å². The number of nitrogens with one attached hydrogen (secondary N) is 2. The molecule has 5 heteroatoms. The summed E-state index contributed by atoms with van der Waals surface area (Å²) in [5.74, 6) is 1.15. The third kappa shape index (κ3) is 2.80. The monoisotopic (exact) mass is 283 g/mol. The van der Waals surface area contributed by atoms with Crippen LogP contribution in [0, 0.1) is 12.8 Å². The number of aryl methyl sites for hydroxylation is 1. The SMILES string of the molecule is Cc1nc(NC(=O)CC2CNC2)ccc1Br. The smallest absolute Gasteiger partial charge is 0.225 e. The van der Waals surface area contributed by atoms with Crippen LogP contribution in [0.25, 0.3) is 0 Å². The second kappa shape index (κ2) is 4.93. The number of aromatic nitrogens is 1. The fraction of sp³-hybridized carbons (Fsp3) is 0.455. The van der Waals surface area contributed by atoms with E-state index < -0.39 is 0 Å². The summed E-state index contributed by atoms with van der Waals surface area (Å²) in [6.07, 6.45) is 0.573. The fourth-order valence-corrected chi connectivity index (χ4v) is 1.78. The van der Waals surface area contributed by atoms with Gasteiger partial charge in [0.15, 0.2) is 0 Å². The van der Waals surface area contributed by atoms with E-state index >= 15 is 0 Å². The van der Waals surface area contributed by atoms with Gasteiger partial charge in [-0.25, -0.2) is 4.98 Å². The van der Waals surface area contributed by atoms with Crippen LogP contribution in [0.1, 0.15) is 12.1 Å². The largest absolute Gasteiger partial charge is 0.316 e. The Kier molecular flexibility index (Phi) is 3.56. The lowest BCUT2D eigenvalue weighted by molar-refractivity contribution is -0.117. The Morgan fingerprint density at radius 3 is 2.94 bits per heavy atom. The van der Waals surface area contributed by atoms with E-state index in [1.54, 1.807) is 6.07 Å². The molecule has 16 heavy (non-hydrogen) atoms. The highest BCUT2D eigenvalue weighted by molar-refractivity contribution is 9.10. The number of carbonyl (C=O) groups excluding carboxylic acids is 1. The molecule has 0 unspecified atom stereocenters. The normalized spacial score (nSPS) is 15.6. The molecular weight excluding hydrogens is 270 g/mol. The Morgan fingerprint density at radius 1 is 1.62 bits per heavy atom. The van der Waals surface area contributed by atoms with Crippen molar-refractivity contribution in [3.63, 3.8) is 0 Å². The summed E-state index contributed by atoms with van der Waals surface area (Å²) in [5, 5.41) is 5.96. The quantitative estimate of drug-likeness (QED) is 0.888. The topological polar surface area (TPSA) is 54.0 Å². The van der Waals surface area contributed by atoms with E-state index in [0.29, 0.717) is 18.2 Å². The van der Waals surface area contributed by atoms with Gasteiger partial charge < -0.3 is 10.6 Å². The zero-order chi connectivity index (χ0) is 11.5. The molecule has 1 fully saturated rings. The number of carbonyl (C=O) groups is 1. The molecule has 0 spiro atoms. The summed E-state index contributed by atoms with van der Waals surface area (Å²) in [6, 6.07) is 3.69. The third-order valence-corrected chi connectivity index (χ3v) is 3.47. The summed E-state index contributed by atoms with van der Waals surface area (Å²) in [4.78, 5) is 15.9. The molecule has 0 atom stereocenters. The summed E-state index contributed by atoms with van der Waals surface area (Å²) < 4.78 is 0.952. The first-order valence-electron chi connectivity index (χ1n) is 5.29. The van der Waals surface area contributed by atoms with Crippen molar-refractivity contribution in [1.29, 1.82) is 0 Å². The molecule has 1 aliphatic heterocycles. The van der Waals surface area contributed by atoms with Crippen molar-refractivity contribution in [1.82, 2.24) is 10.3 Å². The zero-order valence-electron chi connectivity index (χ0n) is 9.09. The highest BCUT2D eigenvalue weighted by Crippen LogP contribution is 2.17. The number of halogens is 1. The van der Waals surface area contributed by atoms with E-state index in [0.717, 1.165) is 23.3 Å². The van der Waals surface area contributed by atoms with Crippen molar-refractivity contribution >= 4 is 27.7 Å². The van der Waals surface area contributed by atoms with Gasteiger partial charge in [0.2, 0.25) is 5.91 Å². The van der Waals surface area contributed by atoms with Gasteiger partial charge >= 0.3 is 0 Å². The first-order chi connectivity index (χ1) is 7.65. The highest BCUT2D eigenvalue weighted by Gasteiger charge is 2.20. The summed E-state index contributed by atoms with van der Waals surface area (Å²) >= 11 is 3.37. The maximum absolute atomic E-state index is 11.6. The zero-order valence-corrected chi connectivity index (χ0v) is 10.7. The molecule has 2 heterocycles. The first-order valence-corrected chi connectivity index (χ1v) is 6.08. The van der Waals surface area contributed by atoms with Crippen LogP contribution < -0.4 is 10.6 Å². The van der Waals surface area contributed by atoms with E-state index in [9.17, 15) is 4.79 Å². The average molecular weight is 284 g/mol. The number of nitrogens with zero attached hydrogens (tertiary/aromatic N) is 1. The lowest BCUT2D eigenvalue weighted by Gasteiger charge is -2.26. The van der Waals surface area contributed by atoms with Crippen LogP contribution in [-0.4, -0.2) is 24.0 Å². The Morgan fingerprint density at radius 2 is 2.38 bits per heavy atom. The molecular formula is C11H14BrN3O. The molecule has 1 aromatic heterocycles. The van der Waals surface area contributed by atoms with Gasteiger partial charge in [-0.05, 0) is 54.0 Å². The maximum Gasteiger partial charge on any atom is 0.225 e. The van der Waals surface area contributed by atoms with Gasteiger partial charge in [0, 0.05) is 10.9 Å². The van der Waals surface area contributed by atoms with Crippen LogP contribution in [0.4, 0.5) is 5.82 Å². The average Bonchev–Trinajstić information content (AvgIpc) is 2.18. The van der Waals surface area contributed by atoms with Crippen molar-refractivity contribution < 1.29 is 4.79 Å². The summed E-state index contributed by atoms with van der Waals surface area (Å²) in [5.41, 5.74) is 0.878. The van der Waals surface area contributed by atoms with Crippen molar-refractivity contribution in [2.45, 2.75) is 13.3 Å². The van der Waals surface area contributed by atoms with Gasteiger partial charge in [0.25, 0.3) is 0 Å². The Hall–Kier alpha value is -0.940. The fourth-order valence-electron chi connectivity index (χ4n) is 1.56. The maximum atomic E-state index is 11.6. The molecule has 2 N–H and O–H groups in total. The van der Waals surface area contributed by atoms with Crippen LogP contribution >= 0.6 is 15.9 Å². The predicted octanol–water partition coefficient (Wildman–Crippen LogP) is 1.70. The number of amides is 1. The third-order valence-electron chi connectivity index (χ3n) is 2.63. The molecule has 4 nitrogen and oxygen atoms in total. The molecule has 1 aromatic rings. The van der Waals surface area contributed by atoms with Gasteiger partial charge in [-0.3, -0.25) is 4.79 Å². The second-order valence-electron chi connectivity index (χ2n) is 4.04. The van der Waals surface area contributed by atoms with E-state index in [4.69, 9.17) is 0 Å². The van der Waals surface area contributed by atoms with E-state index in [-0.39, 0.29) is 5.91 Å². The van der Waals surface area contributed by atoms with Crippen LogP contribution in [-0.2, 0) is 4.79 Å². The summed E-state index contributed by atoms with van der Waals surface area (Å²) in [7, 11) is 0. The minimum Gasteiger partial charge on any atom is -0.316 e. The lowest BCUT2D eigenvalue weighted by Crippen LogP contribution is -2.43. The van der Waals surface area contributed by atoms with Gasteiger partial charge in [-0.15, -0.1) is 0 Å². The molecule has 0 radical (unpaired) electrons. The molecule has 0 bridgehead atoms. The van der Waals surface area contributed by atoms with Crippen molar-refractivity contribution in [3.05, 3.63) is 22.3 Å². The van der Waals surface area contributed by atoms with Crippen LogP contribution in [0.15, 0.2) is 16.6 Å². The van der Waals surface area contributed by atoms with Gasteiger partial charge in [-0.1, -0.05) is 0 Å². The molecule has 0 saturated carbocycles. The number of hydrogen-bond donors (Lipinski definition) is 2. The number of anilines is 1. The molecule has 0 aromatic carbocycles. The van der Waals surface area contributed by atoms with Crippen LogP contribution in [0.5, 0.6) is 0 Å².